The molecule has 2 aliphatic rings. The van der Waals surface area contributed by atoms with Crippen molar-refractivity contribution in [3.63, 3.8) is 0 Å². The monoisotopic (exact) mass is 393 g/mol. The van der Waals surface area contributed by atoms with E-state index in [0.29, 0.717) is 52.0 Å². The van der Waals surface area contributed by atoms with Crippen LogP contribution < -0.4 is 5.32 Å². The number of hydrogen-bond acceptors (Lipinski definition) is 5. The zero-order valence-electron chi connectivity index (χ0n) is 14.2. The lowest BCUT2D eigenvalue weighted by molar-refractivity contribution is -0.141. The van der Waals surface area contributed by atoms with Crippen molar-refractivity contribution >= 4 is 15.8 Å². The zero-order valence-corrected chi connectivity index (χ0v) is 15.0. The van der Waals surface area contributed by atoms with Gasteiger partial charge in [0.15, 0.2) is 0 Å². The van der Waals surface area contributed by atoms with Gasteiger partial charge in [0.2, 0.25) is 10.0 Å². The van der Waals surface area contributed by atoms with Gasteiger partial charge in [0.05, 0.1) is 5.25 Å². The van der Waals surface area contributed by atoms with Crippen molar-refractivity contribution < 1.29 is 26.3 Å². The predicted molar refractivity (Wildman–Crippen MR) is 90.2 cm³/mol. The number of ether oxygens (including phenoxy) is 1. The van der Waals surface area contributed by atoms with E-state index >= 15 is 0 Å². The number of piperidine rings is 1. The van der Waals surface area contributed by atoms with Crippen molar-refractivity contribution in [1.29, 1.82) is 0 Å². The fourth-order valence-electron chi connectivity index (χ4n) is 3.32. The Labute approximate surface area is 150 Å². The van der Waals surface area contributed by atoms with Crippen LogP contribution in [0.25, 0.3) is 0 Å². The quantitative estimate of drug-likeness (QED) is 0.851. The number of halogens is 3. The number of nitrogens with zero attached hydrogens (tertiary/aromatic N) is 2. The van der Waals surface area contributed by atoms with E-state index in [2.05, 4.69) is 10.3 Å². The van der Waals surface area contributed by atoms with Crippen LogP contribution in [0, 0.1) is 0 Å². The highest BCUT2D eigenvalue weighted by Gasteiger charge is 2.36. The molecule has 10 heteroatoms. The van der Waals surface area contributed by atoms with Gasteiger partial charge in [-0.1, -0.05) is 6.07 Å². The van der Waals surface area contributed by atoms with Crippen LogP contribution >= 0.6 is 0 Å². The summed E-state index contributed by atoms with van der Waals surface area (Å²) in [6, 6.07) is 3.62. The Bertz CT molecular complexity index is 713. The van der Waals surface area contributed by atoms with Crippen molar-refractivity contribution in [2.24, 2.45) is 0 Å². The summed E-state index contributed by atoms with van der Waals surface area (Å²) >= 11 is 0. The Balaban J connectivity index is 1.57. The number of pyridine rings is 1. The van der Waals surface area contributed by atoms with Crippen LogP contribution in [0.2, 0.25) is 0 Å². The highest BCUT2D eigenvalue weighted by Crippen LogP contribution is 2.29. The summed E-state index contributed by atoms with van der Waals surface area (Å²) in [5.74, 6) is 0.158. The number of nitrogens with one attached hydrogen (secondary N) is 1. The van der Waals surface area contributed by atoms with Crippen LogP contribution in [0.1, 0.15) is 31.4 Å². The summed E-state index contributed by atoms with van der Waals surface area (Å²) in [7, 11) is -3.35. The first-order valence-corrected chi connectivity index (χ1v) is 10.1. The first kappa shape index (κ1) is 19.4. The van der Waals surface area contributed by atoms with Crippen molar-refractivity contribution in [3.05, 3.63) is 23.9 Å². The average Bonchev–Trinajstić information content (AvgIpc) is 2.62. The van der Waals surface area contributed by atoms with Gasteiger partial charge in [-0.15, -0.1) is 0 Å². The summed E-state index contributed by atoms with van der Waals surface area (Å²) in [4.78, 5) is 3.60. The average molecular weight is 393 g/mol. The second-order valence-corrected chi connectivity index (χ2v) is 8.79. The largest absolute Gasteiger partial charge is 0.433 e. The standard InChI is InChI=1S/C16H22F3N3O3S/c17-16(18,19)14-2-1-3-15(21-14)20-12-4-8-22(9-5-12)26(23,24)13-6-10-25-11-7-13/h1-3,12-13H,4-11H2,(H,20,21). The third-order valence-electron chi connectivity index (χ3n) is 4.79. The smallest absolute Gasteiger partial charge is 0.381 e. The van der Waals surface area contributed by atoms with Crippen molar-refractivity contribution in [2.75, 3.05) is 31.6 Å². The van der Waals surface area contributed by atoms with Gasteiger partial charge in [-0.2, -0.15) is 13.2 Å². The van der Waals surface area contributed by atoms with Gasteiger partial charge in [-0.3, -0.25) is 0 Å². The molecule has 3 heterocycles. The van der Waals surface area contributed by atoms with Gasteiger partial charge in [-0.05, 0) is 37.8 Å². The Morgan fingerprint density at radius 1 is 1.12 bits per heavy atom. The number of hydrogen-bond donors (Lipinski definition) is 1. The van der Waals surface area contributed by atoms with E-state index in [0.717, 1.165) is 6.07 Å². The minimum Gasteiger partial charge on any atom is -0.381 e. The molecular weight excluding hydrogens is 371 g/mol. The molecule has 26 heavy (non-hydrogen) atoms. The molecule has 0 atom stereocenters. The molecule has 6 nitrogen and oxygen atoms in total. The van der Waals surface area contributed by atoms with E-state index in [4.69, 9.17) is 4.74 Å². The summed E-state index contributed by atoms with van der Waals surface area (Å²) in [6.07, 6.45) is -2.41. The van der Waals surface area contributed by atoms with Crippen LogP contribution in [-0.4, -0.2) is 55.3 Å². The Hall–Kier alpha value is -1.39. The Morgan fingerprint density at radius 3 is 2.38 bits per heavy atom. The van der Waals surface area contributed by atoms with Crippen LogP contribution in [-0.2, 0) is 20.9 Å². The molecule has 1 aromatic rings. The number of aromatic nitrogens is 1. The second-order valence-electron chi connectivity index (χ2n) is 6.58. The number of anilines is 1. The van der Waals surface area contributed by atoms with Gasteiger partial charge < -0.3 is 10.1 Å². The lowest BCUT2D eigenvalue weighted by Gasteiger charge is -2.35. The molecule has 2 saturated heterocycles. The first-order valence-electron chi connectivity index (χ1n) is 8.64. The number of sulfonamides is 1. The lowest BCUT2D eigenvalue weighted by Crippen LogP contribution is -2.47. The second kappa shape index (κ2) is 7.69. The minimum atomic E-state index is -4.49. The topological polar surface area (TPSA) is 71.5 Å². The van der Waals surface area contributed by atoms with E-state index in [1.165, 1.54) is 16.4 Å². The summed E-state index contributed by atoms with van der Waals surface area (Å²) in [5, 5.41) is 2.59. The molecule has 0 radical (unpaired) electrons. The van der Waals surface area contributed by atoms with Crippen LogP contribution in [0.15, 0.2) is 18.2 Å². The molecule has 1 aromatic heterocycles. The van der Waals surface area contributed by atoms with Crippen LogP contribution in [0.5, 0.6) is 0 Å². The maximum Gasteiger partial charge on any atom is 0.433 e. The Morgan fingerprint density at radius 2 is 1.77 bits per heavy atom. The van der Waals surface area contributed by atoms with E-state index in [9.17, 15) is 21.6 Å². The van der Waals surface area contributed by atoms with Gasteiger partial charge in [-0.25, -0.2) is 17.7 Å². The van der Waals surface area contributed by atoms with E-state index in [1.54, 1.807) is 0 Å². The predicted octanol–water partition coefficient (Wildman–Crippen LogP) is 2.49. The zero-order chi connectivity index (χ0) is 18.8. The number of alkyl halides is 3. The van der Waals surface area contributed by atoms with Gasteiger partial charge in [0.25, 0.3) is 0 Å². The molecule has 0 unspecified atom stereocenters. The van der Waals surface area contributed by atoms with Crippen molar-refractivity contribution in [1.82, 2.24) is 9.29 Å². The normalized spacial score (nSPS) is 21.7. The van der Waals surface area contributed by atoms with Crippen LogP contribution in [0.3, 0.4) is 0 Å². The molecule has 2 aliphatic heterocycles. The van der Waals surface area contributed by atoms with E-state index in [1.807, 2.05) is 0 Å². The van der Waals surface area contributed by atoms with Crippen molar-refractivity contribution in [2.45, 2.75) is 43.2 Å². The maximum atomic E-state index is 12.7. The van der Waals surface area contributed by atoms with Gasteiger partial charge >= 0.3 is 6.18 Å². The van der Waals surface area contributed by atoms with E-state index < -0.39 is 27.1 Å². The molecule has 0 spiro atoms. The third-order valence-corrected chi connectivity index (χ3v) is 7.19. The SMILES string of the molecule is O=S(=O)(C1CCOCC1)N1CCC(Nc2cccc(C(F)(F)F)n2)CC1. The molecule has 0 bridgehead atoms. The molecule has 2 fully saturated rings. The third kappa shape index (κ3) is 4.47. The van der Waals surface area contributed by atoms with Gasteiger partial charge in [0.1, 0.15) is 11.5 Å². The highest BCUT2D eigenvalue weighted by atomic mass is 32.2. The van der Waals surface area contributed by atoms with Gasteiger partial charge in [0, 0.05) is 32.3 Å². The summed E-state index contributed by atoms with van der Waals surface area (Å²) in [6.45, 7) is 1.64. The summed E-state index contributed by atoms with van der Waals surface area (Å²) < 4.78 is 70.3. The molecule has 1 N–H and O–H groups in total. The molecule has 146 valence electrons. The molecule has 0 aromatic carbocycles. The molecule has 0 aliphatic carbocycles. The van der Waals surface area contributed by atoms with E-state index in [-0.39, 0.29) is 11.9 Å². The number of rotatable bonds is 4. The maximum absolute atomic E-state index is 12.7. The lowest BCUT2D eigenvalue weighted by atomic mass is 10.1. The summed E-state index contributed by atoms with van der Waals surface area (Å²) in [5.41, 5.74) is -0.943. The minimum absolute atomic E-state index is 0.105. The molecule has 0 saturated carbocycles. The molecular formula is C16H22F3N3O3S. The molecule has 3 rings (SSSR count). The highest BCUT2D eigenvalue weighted by molar-refractivity contribution is 7.89. The fraction of sp³-hybridized carbons (Fsp3) is 0.688. The van der Waals surface area contributed by atoms with Crippen molar-refractivity contribution in [3.8, 4) is 0 Å². The first-order chi connectivity index (χ1) is 12.3. The molecule has 0 amide bonds. The fourth-order valence-corrected chi connectivity index (χ4v) is 5.25. The Kier molecular flexibility index (Phi) is 5.73. The van der Waals surface area contributed by atoms with Crippen LogP contribution in [0.4, 0.5) is 19.0 Å².